The Hall–Kier alpha value is -5.24. The molecule has 43 heavy (non-hydrogen) atoms. The number of aromatic nitrogens is 4. The Morgan fingerprint density at radius 3 is 2.53 bits per heavy atom. The Morgan fingerprint density at radius 1 is 1.14 bits per heavy atom. The number of anilines is 3. The SMILES string of the molecule is CN(Cc1cnc2nc(N)nc(N)c2n1)c1ccc(C(=O)N[C@@H](CCC(=O)NCCCN=[N+]=[N-])C(=O)OC(C)(C)C)cc1. The first-order valence-electron chi connectivity index (χ1n) is 13.5. The molecule has 2 aromatic heterocycles. The highest BCUT2D eigenvalue weighted by molar-refractivity contribution is 5.97. The van der Waals surface area contributed by atoms with Gasteiger partial charge in [-0.25, -0.2) is 14.8 Å². The number of fused-ring (bicyclic) bond motifs is 1. The third-order valence-electron chi connectivity index (χ3n) is 5.95. The molecule has 0 saturated carbocycles. The zero-order valence-electron chi connectivity index (χ0n) is 24.6. The molecule has 3 aromatic rings. The first-order valence-corrected chi connectivity index (χ1v) is 13.5. The molecule has 0 aliphatic carbocycles. The lowest BCUT2D eigenvalue weighted by Crippen LogP contribution is -2.44. The van der Waals surface area contributed by atoms with Crippen LogP contribution in [0.4, 0.5) is 17.5 Å². The average molecular weight is 593 g/mol. The molecule has 6 N–H and O–H groups in total. The normalized spacial score (nSPS) is 11.7. The fourth-order valence-corrected chi connectivity index (χ4v) is 3.91. The summed E-state index contributed by atoms with van der Waals surface area (Å²) in [6, 6.07) is 5.73. The van der Waals surface area contributed by atoms with Crippen molar-refractivity contribution < 1.29 is 19.1 Å². The molecule has 0 fully saturated rings. The second-order valence-corrected chi connectivity index (χ2v) is 10.7. The number of ether oxygens (including phenoxy) is 1. The largest absolute Gasteiger partial charge is 0.458 e. The number of carbonyl (C=O) groups excluding carboxylic acids is 3. The lowest BCUT2D eigenvalue weighted by atomic mass is 10.1. The zero-order chi connectivity index (χ0) is 31.6. The van der Waals surface area contributed by atoms with Crippen molar-refractivity contribution in [1.29, 1.82) is 0 Å². The molecule has 0 spiro atoms. The lowest BCUT2D eigenvalue weighted by molar-refractivity contribution is -0.157. The van der Waals surface area contributed by atoms with E-state index in [4.69, 9.17) is 21.7 Å². The highest BCUT2D eigenvalue weighted by Gasteiger charge is 2.27. The molecule has 0 radical (unpaired) electrons. The molecule has 2 amide bonds. The van der Waals surface area contributed by atoms with Crippen LogP contribution in [0.3, 0.4) is 0 Å². The molecular weight excluding hydrogens is 556 g/mol. The van der Waals surface area contributed by atoms with Gasteiger partial charge in [0, 0.05) is 42.7 Å². The van der Waals surface area contributed by atoms with Gasteiger partial charge in [0.15, 0.2) is 17.0 Å². The van der Waals surface area contributed by atoms with E-state index in [9.17, 15) is 14.4 Å². The summed E-state index contributed by atoms with van der Waals surface area (Å²) in [7, 11) is 1.85. The summed E-state index contributed by atoms with van der Waals surface area (Å²) >= 11 is 0. The minimum Gasteiger partial charge on any atom is -0.458 e. The third-order valence-corrected chi connectivity index (χ3v) is 5.95. The van der Waals surface area contributed by atoms with Gasteiger partial charge in [0.2, 0.25) is 11.9 Å². The van der Waals surface area contributed by atoms with Gasteiger partial charge in [0.1, 0.15) is 11.6 Å². The van der Waals surface area contributed by atoms with Crippen LogP contribution in [0.25, 0.3) is 21.6 Å². The van der Waals surface area contributed by atoms with Gasteiger partial charge in [0.25, 0.3) is 5.91 Å². The third kappa shape index (κ3) is 9.97. The summed E-state index contributed by atoms with van der Waals surface area (Å²) in [5.74, 6) is -1.27. The standard InChI is InChI=1S/C27H36N12O4/c1-27(2,3)43-25(42)19(10-11-20(40)31-12-5-13-33-38-30)35-24(41)16-6-8-18(9-7-16)39(4)15-17-14-32-23-21(34-17)22(28)36-26(29)37-23/h6-9,14,19H,5,10-13,15H2,1-4H3,(H,31,40)(H,35,41)(H4,28,29,32,36,37)/t19-/m0/s1. The highest BCUT2D eigenvalue weighted by atomic mass is 16.6. The van der Waals surface area contributed by atoms with Gasteiger partial charge < -0.3 is 31.7 Å². The van der Waals surface area contributed by atoms with Crippen molar-refractivity contribution in [2.45, 2.75) is 58.2 Å². The number of hydrogen-bond donors (Lipinski definition) is 4. The van der Waals surface area contributed by atoms with E-state index in [-0.39, 0.29) is 37.1 Å². The number of benzene rings is 1. The zero-order valence-corrected chi connectivity index (χ0v) is 24.6. The van der Waals surface area contributed by atoms with Crippen LogP contribution in [-0.4, -0.2) is 69.5 Å². The molecule has 3 rings (SSSR count). The molecule has 16 nitrogen and oxygen atoms in total. The average Bonchev–Trinajstić information content (AvgIpc) is 2.94. The number of nitrogen functional groups attached to an aromatic ring is 2. The van der Waals surface area contributed by atoms with Crippen molar-refractivity contribution in [2.24, 2.45) is 5.11 Å². The van der Waals surface area contributed by atoms with Crippen molar-refractivity contribution in [3.05, 3.63) is 52.2 Å². The van der Waals surface area contributed by atoms with Crippen LogP contribution in [0.5, 0.6) is 0 Å². The Kier molecular flexibility index (Phi) is 11.0. The fraction of sp³-hybridized carbons (Fsp3) is 0.444. The van der Waals surface area contributed by atoms with Crippen molar-refractivity contribution in [3.8, 4) is 0 Å². The molecule has 0 unspecified atom stereocenters. The van der Waals surface area contributed by atoms with Gasteiger partial charge in [-0.1, -0.05) is 5.11 Å². The number of rotatable bonds is 13. The van der Waals surface area contributed by atoms with E-state index in [1.165, 1.54) is 0 Å². The Morgan fingerprint density at radius 2 is 1.86 bits per heavy atom. The van der Waals surface area contributed by atoms with E-state index < -0.39 is 23.5 Å². The molecule has 0 bridgehead atoms. The van der Waals surface area contributed by atoms with Gasteiger partial charge in [-0.2, -0.15) is 9.97 Å². The minimum absolute atomic E-state index is 0.0156. The van der Waals surface area contributed by atoms with Crippen LogP contribution < -0.4 is 27.0 Å². The number of azide groups is 1. The Bertz CT molecular complexity index is 1500. The van der Waals surface area contributed by atoms with Crippen LogP contribution >= 0.6 is 0 Å². The number of nitrogens with one attached hydrogen (secondary N) is 2. The van der Waals surface area contributed by atoms with Crippen molar-refractivity contribution >= 4 is 46.4 Å². The monoisotopic (exact) mass is 592 g/mol. The second kappa shape index (κ2) is 14.6. The maximum Gasteiger partial charge on any atom is 0.329 e. The maximum atomic E-state index is 13.1. The van der Waals surface area contributed by atoms with E-state index in [0.717, 1.165) is 5.69 Å². The van der Waals surface area contributed by atoms with E-state index in [1.807, 2.05) is 11.9 Å². The van der Waals surface area contributed by atoms with E-state index >= 15 is 0 Å². The van der Waals surface area contributed by atoms with E-state index in [0.29, 0.717) is 41.9 Å². The maximum absolute atomic E-state index is 13.1. The van der Waals surface area contributed by atoms with Crippen LogP contribution in [0.1, 0.15) is 56.1 Å². The number of amides is 2. The number of nitrogens with zero attached hydrogens (tertiary/aromatic N) is 8. The molecule has 0 saturated heterocycles. The van der Waals surface area contributed by atoms with Gasteiger partial charge in [-0.3, -0.25) is 9.59 Å². The first kappa shape index (κ1) is 32.3. The first-order chi connectivity index (χ1) is 20.4. The molecule has 16 heteroatoms. The van der Waals surface area contributed by atoms with Crippen LogP contribution in [0.15, 0.2) is 35.6 Å². The van der Waals surface area contributed by atoms with Gasteiger partial charge >= 0.3 is 5.97 Å². The predicted octanol–water partition coefficient (Wildman–Crippen LogP) is 2.26. The highest BCUT2D eigenvalue weighted by Crippen LogP contribution is 2.19. The van der Waals surface area contributed by atoms with Crippen molar-refractivity contribution in [2.75, 3.05) is 36.5 Å². The molecular formula is C27H36N12O4. The van der Waals surface area contributed by atoms with E-state index in [1.54, 1.807) is 51.2 Å². The quantitative estimate of drug-likeness (QED) is 0.0737. The summed E-state index contributed by atoms with van der Waals surface area (Å²) < 4.78 is 5.47. The number of nitrogens with two attached hydrogens (primary N) is 2. The number of hydrogen-bond acceptors (Lipinski definition) is 12. The predicted molar refractivity (Wildman–Crippen MR) is 160 cm³/mol. The second-order valence-electron chi connectivity index (χ2n) is 10.7. The molecule has 0 aliphatic rings. The minimum atomic E-state index is -1.04. The lowest BCUT2D eigenvalue weighted by Gasteiger charge is -2.24. The molecule has 1 atom stereocenters. The molecule has 228 valence electrons. The molecule has 1 aromatic carbocycles. The van der Waals surface area contributed by atoms with E-state index in [2.05, 4.69) is 40.6 Å². The topological polar surface area (TPSA) is 240 Å². The summed E-state index contributed by atoms with van der Waals surface area (Å²) in [4.78, 5) is 59.5. The molecule has 0 aliphatic heterocycles. The summed E-state index contributed by atoms with van der Waals surface area (Å²) in [6.45, 7) is 6.13. The Labute approximate surface area is 248 Å². The van der Waals surface area contributed by atoms with Gasteiger partial charge in [0.05, 0.1) is 18.4 Å². The van der Waals surface area contributed by atoms with Crippen molar-refractivity contribution in [3.63, 3.8) is 0 Å². The van der Waals surface area contributed by atoms with Crippen LogP contribution in [-0.2, 0) is 20.9 Å². The summed E-state index contributed by atoms with van der Waals surface area (Å²) in [5, 5.41) is 8.81. The summed E-state index contributed by atoms with van der Waals surface area (Å²) in [5.41, 5.74) is 21.5. The fourth-order valence-electron chi connectivity index (χ4n) is 3.91. The number of carbonyl (C=O) groups is 3. The van der Waals surface area contributed by atoms with Crippen LogP contribution in [0, 0.1) is 0 Å². The molecule has 2 heterocycles. The smallest absolute Gasteiger partial charge is 0.329 e. The summed E-state index contributed by atoms with van der Waals surface area (Å²) in [6.07, 6.45) is 2.09. The van der Waals surface area contributed by atoms with Crippen LogP contribution in [0.2, 0.25) is 0 Å². The van der Waals surface area contributed by atoms with Gasteiger partial charge in [-0.15, -0.1) is 0 Å². The van der Waals surface area contributed by atoms with Crippen molar-refractivity contribution in [1.82, 2.24) is 30.6 Å². The van der Waals surface area contributed by atoms with Gasteiger partial charge in [-0.05, 0) is 63.4 Å². The number of esters is 1. The Balaban J connectivity index is 1.63.